The largest absolute Gasteiger partial charge is 0.370 e. The molecule has 0 unspecified atom stereocenters. The molecule has 0 aliphatic rings. The van der Waals surface area contributed by atoms with Crippen LogP contribution in [0.5, 0.6) is 0 Å². The predicted octanol–water partition coefficient (Wildman–Crippen LogP) is 3.08. The standard InChI is InChI=1S/C18H22N4O.HI/c1-13-5-3-7-15(11-13)17(23)20-9-10-21-18(19)22-16-8-4-6-14(2)12-16;/h3-8,11-12H,9-10H2,1-2H3,(H,20,23)(H3,19,21,22);1H. The molecule has 128 valence electrons. The number of aliphatic imine (C=N–C) groups is 1. The van der Waals surface area contributed by atoms with E-state index in [2.05, 4.69) is 15.6 Å². The molecule has 5 nitrogen and oxygen atoms in total. The Morgan fingerprint density at radius 1 is 1.08 bits per heavy atom. The summed E-state index contributed by atoms with van der Waals surface area (Å²) in [6, 6.07) is 15.3. The number of nitrogens with zero attached hydrogens (tertiary/aromatic N) is 1. The summed E-state index contributed by atoms with van der Waals surface area (Å²) in [4.78, 5) is 16.2. The summed E-state index contributed by atoms with van der Waals surface area (Å²) < 4.78 is 0. The van der Waals surface area contributed by atoms with Crippen LogP contribution in [0.2, 0.25) is 0 Å². The number of halogens is 1. The van der Waals surface area contributed by atoms with Crippen molar-refractivity contribution < 1.29 is 4.79 Å². The monoisotopic (exact) mass is 438 g/mol. The summed E-state index contributed by atoms with van der Waals surface area (Å²) in [7, 11) is 0. The zero-order chi connectivity index (χ0) is 16.7. The van der Waals surface area contributed by atoms with Crippen molar-refractivity contribution in [3.05, 3.63) is 65.2 Å². The Kier molecular flexibility index (Phi) is 8.25. The summed E-state index contributed by atoms with van der Waals surface area (Å²) in [5.41, 5.74) is 9.58. The molecule has 4 N–H and O–H groups in total. The van der Waals surface area contributed by atoms with E-state index < -0.39 is 0 Å². The fourth-order valence-corrected chi connectivity index (χ4v) is 2.14. The van der Waals surface area contributed by atoms with Crippen molar-refractivity contribution in [3.63, 3.8) is 0 Å². The molecule has 0 radical (unpaired) electrons. The van der Waals surface area contributed by atoms with Crippen molar-refractivity contribution in [1.82, 2.24) is 5.32 Å². The maximum atomic E-state index is 12.0. The second kappa shape index (κ2) is 9.92. The van der Waals surface area contributed by atoms with E-state index >= 15 is 0 Å². The van der Waals surface area contributed by atoms with Gasteiger partial charge in [-0.1, -0.05) is 29.8 Å². The van der Waals surface area contributed by atoms with E-state index in [9.17, 15) is 4.79 Å². The molecular weight excluding hydrogens is 415 g/mol. The maximum absolute atomic E-state index is 12.0. The lowest BCUT2D eigenvalue weighted by atomic mass is 10.1. The molecule has 0 atom stereocenters. The normalized spacial score (nSPS) is 10.7. The van der Waals surface area contributed by atoms with Gasteiger partial charge in [-0.05, 0) is 43.7 Å². The first kappa shape index (κ1) is 20.0. The summed E-state index contributed by atoms with van der Waals surface area (Å²) in [6.45, 7) is 4.82. The highest BCUT2D eigenvalue weighted by atomic mass is 127. The molecule has 0 bridgehead atoms. The fraction of sp³-hybridized carbons (Fsp3) is 0.222. The van der Waals surface area contributed by atoms with Crippen molar-refractivity contribution in [3.8, 4) is 0 Å². The number of amides is 1. The number of hydrogen-bond donors (Lipinski definition) is 3. The van der Waals surface area contributed by atoms with Gasteiger partial charge in [-0.15, -0.1) is 24.0 Å². The third kappa shape index (κ3) is 6.57. The van der Waals surface area contributed by atoms with Gasteiger partial charge in [-0.2, -0.15) is 0 Å². The van der Waals surface area contributed by atoms with E-state index in [1.165, 1.54) is 0 Å². The van der Waals surface area contributed by atoms with E-state index in [4.69, 9.17) is 5.73 Å². The number of nitrogens with two attached hydrogens (primary N) is 1. The summed E-state index contributed by atoms with van der Waals surface area (Å²) >= 11 is 0. The van der Waals surface area contributed by atoms with Crippen molar-refractivity contribution in [2.75, 3.05) is 18.4 Å². The average Bonchev–Trinajstić information content (AvgIpc) is 2.51. The zero-order valence-electron chi connectivity index (χ0n) is 13.9. The molecule has 6 heteroatoms. The molecule has 0 heterocycles. The lowest BCUT2D eigenvalue weighted by Gasteiger charge is -2.07. The SMILES string of the molecule is Cc1cccc(NC(N)=NCCNC(=O)c2cccc(C)c2)c1.I. The Hall–Kier alpha value is -2.09. The lowest BCUT2D eigenvalue weighted by molar-refractivity contribution is 0.0954. The van der Waals surface area contributed by atoms with Gasteiger partial charge in [0.15, 0.2) is 5.96 Å². The second-order valence-corrected chi connectivity index (χ2v) is 5.39. The summed E-state index contributed by atoms with van der Waals surface area (Å²) in [5, 5.41) is 5.85. The van der Waals surface area contributed by atoms with Gasteiger partial charge in [0.25, 0.3) is 5.91 Å². The Balaban J connectivity index is 0.00000288. The number of aryl methyl sites for hydroxylation is 2. The second-order valence-electron chi connectivity index (χ2n) is 5.39. The van der Waals surface area contributed by atoms with Gasteiger partial charge in [0, 0.05) is 17.8 Å². The number of carbonyl (C=O) groups excluding carboxylic acids is 1. The van der Waals surface area contributed by atoms with Crippen LogP contribution in [0.15, 0.2) is 53.5 Å². The van der Waals surface area contributed by atoms with Crippen molar-refractivity contribution in [2.24, 2.45) is 10.7 Å². The van der Waals surface area contributed by atoms with E-state index in [1.807, 2.05) is 56.3 Å². The van der Waals surface area contributed by atoms with Crippen LogP contribution in [0.25, 0.3) is 0 Å². The van der Waals surface area contributed by atoms with Gasteiger partial charge in [0.2, 0.25) is 0 Å². The van der Waals surface area contributed by atoms with Crippen LogP contribution in [-0.4, -0.2) is 25.0 Å². The minimum Gasteiger partial charge on any atom is -0.370 e. The number of anilines is 1. The van der Waals surface area contributed by atoms with E-state index in [1.54, 1.807) is 6.07 Å². The molecule has 2 aromatic carbocycles. The zero-order valence-corrected chi connectivity index (χ0v) is 16.2. The quantitative estimate of drug-likeness (QED) is 0.291. The minimum absolute atomic E-state index is 0. The van der Waals surface area contributed by atoms with Gasteiger partial charge < -0.3 is 16.4 Å². The fourth-order valence-electron chi connectivity index (χ4n) is 2.14. The van der Waals surface area contributed by atoms with E-state index in [0.29, 0.717) is 24.6 Å². The Morgan fingerprint density at radius 3 is 2.42 bits per heavy atom. The summed E-state index contributed by atoms with van der Waals surface area (Å²) in [6.07, 6.45) is 0. The molecule has 0 aliphatic heterocycles. The van der Waals surface area contributed by atoms with Gasteiger partial charge >= 0.3 is 0 Å². The van der Waals surface area contributed by atoms with Crippen LogP contribution in [0, 0.1) is 13.8 Å². The van der Waals surface area contributed by atoms with E-state index in [0.717, 1.165) is 16.8 Å². The molecule has 0 spiro atoms. The van der Waals surface area contributed by atoms with Crippen LogP contribution >= 0.6 is 24.0 Å². The first-order chi connectivity index (χ1) is 11.0. The van der Waals surface area contributed by atoms with Gasteiger partial charge in [0.1, 0.15) is 0 Å². The van der Waals surface area contributed by atoms with Crippen molar-refractivity contribution in [1.29, 1.82) is 0 Å². The van der Waals surface area contributed by atoms with Crippen LogP contribution in [0.1, 0.15) is 21.5 Å². The summed E-state index contributed by atoms with van der Waals surface area (Å²) in [5.74, 6) is 0.231. The van der Waals surface area contributed by atoms with Gasteiger partial charge in [-0.3, -0.25) is 9.79 Å². The molecule has 1 amide bonds. The highest BCUT2D eigenvalue weighted by molar-refractivity contribution is 14.0. The molecule has 0 saturated carbocycles. The number of hydrogen-bond acceptors (Lipinski definition) is 2. The van der Waals surface area contributed by atoms with Gasteiger partial charge in [0.05, 0.1) is 6.54 Å². The van der Waals surface area contributed by atoms with E-state index in [-0.39, 0.29) is 29.9 Å². The molecule has 0 aliphatic carbocycles. The average molecular weight is 438 g/mol. The Morgan fingerprint density at radius 2 is 1.75 bits per heavy atom. The third-order valence-electron chi connectivity index (χ3n) is 3.25. The highest BCUT2D eigenvalue weighted by Gasteiger charge is 2.04. The molecule has 2 aromatic rings. The van der Waals surface area contributed by atoms with Crippen LogP contribution < -0.4 is 16.4 Å². The predicted molar refractivity (Wildman–Crippen MR) is 110 cm³/mol. The van der Waals surface area contributed by atoms with Crippen molar-refractivity contribution in [2.45, 2.75) is 13.8 Å². The molecule has 0 saturated heterocycles. The number of carbonyl (C=O) groups is 1. The minimum atomic E-state index is -0.103. The molecule has 0 fully saturated rings. The number of benzene rings is 2. The van der Waals surface area contributed by atoms with Crippen LogP contribution in [-0.2, 0) is 0 Å². The number of guanidine groups is 1. The first-order valence-electron chi connectivity index (χ1n) is 7.53. The lowest BCUT2D eigenvalue weighted by Crippen LogP contribution is -2.28. The van der Waals surface area contributed by atoms with Crippen LogP contribution in [0.3, 0.4) is 0 Å². The first-order valence-corrected chi connectivity index (χ1v) is 7.53. The molecular formula is C18H23IN4O. The Labute approximate surface area is 159 Å². The topological polar surface area (TPSA) is 79.5 Å². The molecule has 0 aromatic heterocycles. The third-order valence-corrected chi connectivity index (χ3v) is 3.25. The molecule has 2 rings (SSSR count). The maximum Gasteiger partial charge on any atom is 0.251 e. The Bertz CT molecular complexity index is 716. The molecule has 24 heavy (non-hydrogen) atoms. The van der Waals surface area contributed by atoms with Crippen molar-refractivity contribution >= 4 is 41.5 Å². The number of nitrogens with one attached hydrogen (secondary N) is 2. The smallest absolute Gasteiger partial charge is 0.251 e. The van der Waals surface area contributed by atoms with Gasteiger partial charge in [-0.25, -0.2) is 0 Å². The number of rotatable bonds is 5. The highest BCUT2D eigenvalue weighted by Crippen LogP contribution is 2.08. The van der Waals surface area contributed by atoms with Crippen LogP contribution in [0.4, 0.5) is 5.69 Å².